The number of para-hydroxylation sites is 1. The van der Waals surface area contributed by atoms with Crippen LogP contribution in [0, 0.1) is 34.6 Å². The van der Waals surface area contributed by atoms with Gasteiger partial charge in [-0.05, 0) is 92.3 Å². The van der Waals surface area contributed by atoms with Gasteiger partial charge in [0, 0.05) is 11.3 Å². The summed E-state index contributed by atoms with van der Waals surface area (Å²) < 4.78 is 5.58. The Kier molecular flexibility index (Phi) is 6.36. The van der Waals surface area contributed by atoms with Crippen molar-refractivity contribution in [1.82, 2.24) is 0 Å². The van der Waals surface area contributed by atoms with Gasteiger partial charge in [0.1, 0.15) is 6.61 Å². The number of hydrogen-bond donors (Lipinski definition) is 1. The molecule has 0 atom stereocenters. The lowest BCUT2D eigenvalue weighted by atomic mass is 9.90. The number of carbonyl (C=O) groups is 2. The Morgan fingerprint density at radius 3 is 1.83 bits per heavy atom. The first-order valence-electron chi connectivity index (χ1n) is 9.99. The molecule has 0 heterocycles. The maximum Gasteiger partial charge on any atom is 0.339 e. The second-order valence-corrected chi connectivity index (χ2v) is 7.59. The minimum absolute atomic E-state index is 0.157. The molecular formula is C26H27NO3. The third-order valence-electron chi connectivity index (χ3n) is 5.82. The van der Waals surface area contributed by atoms with Crippen LogP contribution in [-0.2, 0) is 11.3 Å². The highest BCUT2D eigenvalue weighted by Gasteiger charge is 2.19. The van der Waals surface area contributed by atoms with E-state index in [1.807, 2.05) is 58.0 Å². The van der Waals surface area contributed by atoms with Gasteiger partial charge in [0.05, 0.1) is 5.56 Å². The molecule has 0 aliphatic heterocycles. The summed E-state index contributed by atoms with van der Waals surface area (Å²) in [5.41, 5.74) is 8.16. The first-order valence-corrected chi connectivity index (χ1v) is 9.99. The maximum absolute atomic E-state index is 12.8. The minimum atomic E-state index is -0.318. The van der Waals surface area contributed by atoms with Crippen LogP contribution >= 0.6 is 0 Å². The zero-order chi connectivity index (χ0) is 21.8. The molecule has 0 radical (unpaired) electrons. The molecule has 154 valence electrons. The number of benzene rings is 3. The molecule has 0 unspecified atom stereocenters. The molecule has 0 aliphatic rings. The second-order valence-electron chi connectivity index (χ2n) is 7.59. The summed E-state index contributed by atoms with van der Waals surface area (Å²) in [6, 6.07) is 16.4. The van der Waals surface area contributed by atoms with Crippen LogP contribution < -0.4 is 5.32 Å². The van der Waals surface area contributed by atoms with Crippen LogP contribution in [0.3, 0.4) is 0 Å². The zero-order valence-electron chi connectivity index (χ0n) is 18.1. The fourth-order valence-electron chi connectivity index (χ4n) is 3.50. The van der Waals surface area contributed by atoms with Crippen LogP contribution in [0.1, 0.15) is 54.1 Å². The molecule has 0 saturated carbocycles. The van der Waals surface area contributed by atoms with E-state index in [0.717, 1.165) is 33.5 Å². The number of amides is 1. The Morgan fingerprint density at radius 2 is 1.27 bits per heavy atom. The topological polar surface area (TPSA) is 55.4 Å². The van der Waals surface area contributed by atoms with E-state index in [9.17, 15) is 9.59 Å². The fraction of sp³-hybridized carbons (Fsp3) is 0.231. The quantitative estimate of drug-likeness (QED) is 0.547. The number of rotatable bonds is 5. The summed E-state index contributed by atoms with van der Waals surface area (Å²) in [6.45, 7) is 10.2. The highest BCUT2D eigenvalue weighted by Crippen LogP contribution is 2.27. The number of anilines is 1. The molecular weight excluding hydrogens is 374 g/mol. The van der Waals surface area contributed by atoms with Gasteiger partial charge in [0.15, 0.2) is 0 Å². The van der Waals surface area contributed by atoms with E-state index >= 15 is 0 Å². The van der Waals surface area contributed by atoms with Crippen molar-refractivity contribution >= 4 is 17.6 Å². The van der Waals surface area contributed by atoms with Crippen molar-refractivity contribution in [2.75, 3.05) is 5.32 Å². The lowest BCUT2D eigenvalue weighted by molar-refractivity contribution is 0.0470. The van der Waals surface area contributed by atoms with Crippen LogP contribution in [0.2, 0.25) is 0 Å². The van der Waals surface area contributed by atoms with Gasteiger partial charge in [-0.15, -0.1) is 0 Å². The van der Waals surface area contributed by atoms with Crippen LogP contribution in [0.15, 0.2) is 54.6 Å². The standard InChI is InChI=1S/C26H27NO3/c1-16-17(2)19(4)24(20(5)18(16)3)26(29)30-15-21-11-13-22(14-12-21)25(28)27-23-9-7-6-8-10-23/h6-14H,15H2,1-5H3,(H,27,28). The Balaban J connectivity index is 1.67. The Hall–Kier alpha value is -3.40. The molecule has 0 saturated heterocycles. The van der Waals surface area contributed by atoms with Gasteiger partial charge in [-0.1, -0.05) is 30.3 Å². The van der Waals surface area contributed by atoms with Gasteiger partial charge in [0.2, 0.25) is 0 Å². The number of nitrogens with one attached hydrogen (secondary N) is 1. The molecule has 0 bridgehead atoms. The average molecular weight is 402 g/mol. The normalized spacial score (nSPS) is 10.6. The zero-order valence-corrected chi connectivity index (χ0v) is 18.1. The van der Waals surface area contributed by atoms with E-state index in [2.05, 4.69) is 12.2 Å². The van der Waals surface area contributed by atoms with Crippen LogP contribution in [0.4, 0.5) is 5.69 Å². The average Bonchev–Trinajstić information content (AvgIpc) is 2.76. The summed E-state index contributed by atoms with van der Waals surface area (Å²) >= 11 is 0. The van der Waals surface area contributed by atoms with Gasteiger partial charge in [0.25, 0.3) is 5.91 Å². The van der Waals surface area contributed by atoms with Gasteiger partial charge in [-0.2, -0.15) is 0 Å². The van der Waals surface area contributed by atoms with Crippen molar-refractivity contribution in [3.05, 3.63) is 99.1 Å². The third kappa shape index (κ3) is 4.43. The largest absolute Gasteiger partial charge is 0.457 e. The van der Waals surface area contributed by atoms with Crippen LogP contribution in [0.25, 0.3) is 0 Å². The predicted octanol–water partition coefficient (Wildman–Crippen LogP) is 5.84. The van der Waals surface area contributed by atoms with Gasteiger partial charge in [-0.25, -0.2) is 4.79 Å². The Bertz CT molecular complexity index is 1050. The monoisotopic (exact) mass is 401 g/mol. The highest BCUT2D eigenvalue weighted by molar-refractivity contribution is 6.04. The van der Waals surface area contributed by atoms with E-state index in [4.69, 9.17) is 4.74 Å². The van der Waals surface area contributed by atoms with Crippen LogP contribution in [-0.4, -0.2) is 11.9 Å². The lowest BCUT2D eigenvalue weighted by Gasteiger charge is -2.17. The molecule has 3 aromatic rings. The summed E-state index contributed by atoms with van der Waals surface area (Å²) in [5, 5.41) is 2.85. The van der Waals surface area contributed by atoms with Gasteiger partial charge < -0.3 is 10.1 Å². The van der Waals surface area contributed by atoms with E-state index in [-0.39, 0.29) is 18.5 Å². The van der Waals surface area contributed by atoms with Crippen molar-refractivity contribution < 1.29 is 14.3 Å². The molecule has 3 aromatic carbocycles. The molecule has 4 nitrogen and oxygen atoms in total. The molecule has 30 heavy (non-hydrogen) atoms. The highest BCUT2D eigenvalue weighted by atomic mass is 16.5. The lowest BCUT2D eigenvalue weighted by Crippen LogP contribution is -2.13. The molecule has 1 amide bonds. The number of ether oxygens (including phenoxy) is 1. The molecule has 0 aromatic heterocycles. The predicted molar refractivity (Wildman–Crippen MR) is 120 cm³/mol. The maximum atomic E-state index is 12.8. The Labute approximate surface area is 177 Å². The molecule has 0 fully saturated rings. The third-order valence-corrected chi connectivity index (χ3v) is 5.82. The fourth-order valence-corrected chi connectivity index (χ4v) is 3.50. The van der Waals surface area contributed by atoms with Gasteiger partial charge in [-0.3, -0.25) is 4.79 Å². The van der Waals surface area contributed by atoms with Crippen molar-refractivity contribution in [3.8, 4) is 0 Å². The SMILES string of the molecule is Cc1c(C)c(C)c(C(=O)OCc2ccc(C(=O)Nc3ccccc3)cc2)c(C)c1C. The Morgan fingerprint density at radius 1 is 0.733 bits per heavy atom. The number of hydrogen-bond acceptors (Lipinski definition) is 3. The minimum Gasteiger partial charge on any atom is -0.457 e. The van der Waals surface area contributed by atoms with E-state index in [1.165, 1.54) is 5.56 Å². The molecule has 1 N–H and O–H groups in total. The van der Waals surface area contributed by atoms with E-state index in [0.29, 0.717) is 11.1 Å². The summed E-state index contributed by atoms with van der Waals surface area (Å²) in [6.07, 6.45) is 0. The summed E-state index contributed by atoms with van der Waals surface area (Å²) in [7, 11) is 0. The summed E-state index contributed by atoms with van der Waals surface area (Å²) in [5.74, 6) is -0.497. The van der Waals surface area contributed by atoms with Crippen molar-refractivity contribution in [2.45, 2.75) is 41.2 Å². The van der Waals surface area contributed by atoms with Crippen molar-refractivity contribution in [3.63, 3.8) is 0 Å². The number of carbonyl (C=O) groups excluding carboxylic acids is 2. The second kappa shape index (κ2) is 8.95. The molecule has 0 spiro atoms. The van der Waals surface area contributed by atoms with Gasteiger partial charge >= 0.3 is 5.97 Å². The van der Waals surface area contributed by atoms with Crippen molar-refractivity contribution in [1.29, 1.82) is 0 Å². The summed E-state index contributed by atoms with van der Waals surface area (Å²) in [4.78, 5) is 25.1. The molecule has 4 heteroatoms. The van der Waals surface area contributed by atoms with Crippen molar-refractivity contribution in [2.24, 2.45) is 0 Å². The molecule has 0 aliphatic carbocycles. The molecule has 3 rings (SSSR count). The smallest absolute Gasteiger partial charge is 0.339 e. The first kappa shape index (κ1) is 21.3. The number of esters is 1. The van der Waals surface area contributed by atoms with E-state index in [1.54, 1.807) is 24.3 Å². The first-order chi connectivity index (χ1) is 14.3. The van der Waals surface area contributed by atoms with Crippen LogP contribution in [0.5, 0.6) is 0 Å². The van der Waals surface area contributed by atoms with E-state index < -0.39 is 0 Å².